The molecule has 2 unspecified atom stereocenters. The molecule has 1 saturated heterocycles. The van der Waals surface area contributed by atoms with Crippen LogP contribution in [-0.4, -0.2) is 27.3 Å². The lowest BCUT2D eigenvalue weighted by atomic mass is 9.94. The Morgan fingerprint density at radius 2 is 2.35 bits per heavy atom. The number of benzene rings is 1. The van der Waals surface area contributed by atoms with E-state index in [0.717, 1.165) is 19.6 Å². The smallest absolute Gasteiger partial charge is 0.0866 e. The standard InChI is InChI=1S/C14H21NO2/c1-15-9-13-6-7-17-14(13)12-5-3-4-11(8-12)10-16-2/h3-5,8,13-15H,6-7,9-10H2,1-2H3. The first-order valence-corrected chi connectivity index (χ1v) is 6.19. The number of hydrogen-bond acceptors (Lipinski definition) is 3. The minimum atomic E-state index is 0.235. The van der Waals surface area contributed by atoms with E-state index in [0.29, 0.717) is 12.5 Å². The Hall–Kier alpha value is -0.900. The highest BCUT2D eigenvalue weighted by Crippen LogP contribution is 2.34. The maximum Gasteiger partial charge on any atom is 0.0866 e. The number of methoxy groups -OCH3 is 1. The van der Waals surface area contributed by atoms with Crippen LogP contribution in [0.15, 0.2) is 24.3 Å². The zero-order chi connectivity index (χ0) is 12.1. The molecule has 2 atom stereocenters. The van der Waals surface area contributed by atoms with Crippen LogP contribution in [0.1, 0.15) is 23.7 Å². The van der Waals surface area contributed by atoms with Gasteiger partial charge in [-0.1, -0.05) is 24.3 Å². The number of rotatable bonds is 5. The molecule has 0 bridgehead atoms. The summed E-state index contributed by atoms with van der Waals surface area (Å²) in [4.78, 5) is 0. The molecular weight excluding hydrogens is 214 g/mol. The Balaban J connectivity index is 2.12. The maximum absolute atomic E-state index is 5.86. The van der Waals surface area contributed by atoms with Crippen molar-refractivity contribution < 1.29 is 9.47 Å². The summed E-state index contributed by atoms with van der Waals surface area (Å²) in [7, 11) is 3.72. The lowest BCUT2D eigenvalue weighted by molar-refractivity contribution is 0.0907. The molecule has 1 aromatic rings. The summed E-state index contributed by atoms with van der Waals surface area (Å²) in [5.41, 5.74) is 2.49. The van der Waals surface area contributed by atoms with Crippen LogP contribution in [0.5, 0.6) is 0 Å². The largest absolute Gasteiger partial charge is 0.380 e. The fourth-order valence-corrected chi connectivity index (χ4v) is 2.50. The molecule has 1 aliphatic heterocycles. The van der Waals surface area contributed by atoms with E-state index < -0.39 is 0 Å². The van der Waals surface area contributed by atoms with Crippen LogP contribution < -0.4 is 5.32 Å². The van der Waals surface area contributed by atoms with E-state index in [1.165, 1.54) is 11.1 Å². The third kappa shape index (κ3) is 3.06. The molecule has 1 aromatic carbocycles. The highest BCUT2D eigenvalue weighted by Gasteiger charge is 2.28. The molecule has 1 N–H and O–H groups in total. The van der Waals surface area contributed by atoms with Crippen molar-refractivity contribution in [3.8, 4) is 0 Å². The lowest BCUT2D eigenvalue weighted by Gasteiger charge is -2.19. The summed E-state index contributed by atoms with van der Waals surface area (Å²) in [6.45, 7) is 2.54. The van der Waals surface area contributed by atoms with Gasteiger partial charge in [0.1, 0.15) is 0 Å². The molecule has 17 heavy (non-hydrogen) atoms. The molecule has 94 valence electrons. The molecule has 2 rings (SSSR count). The van der Waals surface area contributed by atoms with Gasteiger partial charge in [0.25, 0.3) is 0 Å². The van der Waals surface area contributed by atoms with Gasteiger partial charge in [-0.25, -0.2) is 0 Å². The Kier molecular flexibility index (Phi) is 4.54. The molecule has 0 aliphatic carbocycles. The first-order chi connectivity index (χ1) is 8.35. The monoisotopic (exact) mass is 235 g/mol. The average molecular weight is 235 g/mol. The Bertz CT molecular complexity index is 354. The highest BCUT2D eigenvalue weighted by molar-refractivity contribution is 5.26. The highest BCUT2D eigenvalue weighted by atomic mass is 16.5. The molecule has 1 aliphatic rings. The van der Waals surface area contributed by atoms with E-state index in [9.17, 15) is 0 Å². The molecule has 1 fully saturated rings. The molecule has 0 spiro atoms. The van der Waals surface area contributed by atoms with Crippen molar-refractivity contribution in [2.45, 2.75) is 19.1 Å². The molecule has 3 heteroatoms. The van der Waals surface area contributed by atoms with E-state index >= 15 is 0 Å². The van der Waals surface area contributed by atoms with Gasteiger partial charge >= 0.3 is 0 Å². The van der Waals surface area contributed by atoms with Crippen molar-refractivity contribution in [2.75, 3.05) is 27.3 Å². The van der Waals surface area contributed by atoms with Gasteiger partial charge in [-0.2, -0.15) is 0 Å². The van der Waals surface area contributed by atoms with Crippen molar-refractivity contribution in [3.05, 3.63) is 35.4 Å². The quantitative estimate of drug-likeness (QED) is 0.848. The minimum absolute atomic E-state index is 0.235. The van der Waals surface area contributed by atoms with Gasteiger partial charge in [-0.05, 0) is 24.6 Å². The molecule has 0 radical (unpaired) electrons. The van der Waals surface area contributed by atoms with Crippen LogP contribution in [0.25, 0.3) is 0 Å². The summed E-state index contributed by atoms with van der Waals surface area (Å²) >= 11 is 0. The topological polar surface area (TPSA) is 30.5 Å². The zero-order valence-electron chi connectivity index (χ0n) is 10.6. The van der Waals surface area contributed by atoms with Crippen LogP contribution in [0.3, 0.4) is 0 Å². The van der Waals surface area contributed by atoms with E-state index in [-0.39, 0.29) is 6.10 Å². The van der Waals surface area contributed by atoms with Gasteiger partial charge in [0.15, 0.2) is 0 Å². The zero-order valence-corrected chi connectivity index (χ0v) is 10.6. The van der Waals surface area contributed by atoms with Gasteiger partial charge in [-0.3, -0.25) is 0 Å². The van der Waals surface area contributed by atoms with Crippen molar-refractivity contribution >= 4 is 0 Å². The predicted octanol–water partition coefficient (Wildman–Crippen LogP) is 2.13. The maximum atomic E-state index is 5.86. The molecule has 0 aromatic heterocycles. The third-order valence-corrected chi connectivity index (χ3v) is 3.27. The SMILES string of the molecule is CNCC1CCOC1c1cccc(COC)c1. The molecule has 0 saturated carbocycles. The van der Waals surface area contributed by atoms with Crippen LogP contribution >= 0.6 is 0 Å². The van der Waals surface area contributed by atoms with Gasteiger partial charge in [-0.15, -0.1) is 0 Å². The first-order valence-electron chi connectivity index (χ1n) is 6.19. The van der Waals surface area contributed by atoms with Crippen LogP contribution in [-0.2, 0) is 16.1 Å². The van der Waals surface area contributed by atoms with Gasteiger partial charge in [0, 0.05) is 26.2 Å². The van der Waals surface area contributed by atoms with E-state index in [1.807, 2.05) is 7.05 Å². The second-order valence-electron chi connectivity index (χ2n) is 4.58. The third-order valence-electron chi connectivity index (χ3n) is 3.27. The normalized spacial score (nSPS) is 24.1. The molecule has 0 amide bonds. The first kappa shape index (κ1) is 12.6. The Morgan fingerprint density at radius 3 is 3.12 bits per heavy atom. The van der Waals surface area contributed by atoms with E-state index in [4.69, 9.17) is 9.47 Å². The summed E-state index contributed by atoms with van der Waals surface area (Å²) in [5, 5.41) is 3.24. The van der Waals surface area contributed by atoms with Gasteiger partial charge in [0.05, 0.1) is 12.7 Å². The summed E-state index contributed by atoms with van der Waals surface area (Å²) in [6.07, 6.45) is 1.37. The van der Waals surface area contributed by atoms with Crippen LogP contribution in [0.2, 0.25) is 0 Å². The summed E-state index contributed by atoms with van der Waals surface area (Å²) in [6, 6.07) is 8.52. The second kappa shape index (κ2) is 6.15. The summed E-state index contributed by atoms with van der Waals surface area (Å²) in [5.74, 6) is 0.581. The lowest BCUT2D eigenvalue weighted by Crippen LogP contribution is -2.21. The number of hydrogen-bond donors (Lipinski definition) is 1. The predicted molar refractivity (Wildman–Crippen MR) is 67.9 cm³/mol. The summed E-state index contributed by atoms with van der Waals surface area (Å²) < 4.78 is 11.0. The van der Waals surface area contributed by atoms with E-state index in [1.54, 1.807) is 7.11 Å². The number of nitrogens with one attached hydrogen (secondary N) is 1. The van der Waals surface area contributed by atoms with Crippen LogP contribution in [0.4, 0.5) is 0 Å². The second-order valence-corrected chi connectivity index (χ2v) is 4.58. The molecule has 3 nitrogen and oxygen atoms in total. The van der Waals surface area contributed by atoms with Crippen molar-refractivity contribution in [1.82, 2.24) is 5.32 Å². The average Bonchev–Trinajstić information content (AvgIpc) is 2.79. The molecular formula is C14H21NO2. The Labute approximate surface area is 103 Å². The van der Waals surface area contributed by atoms with Gasteiger partial charge in [0.2, 0.25) is 0 Å². The van der Waals surface area contributed by atoms with Crippen LogP contribution in [0, 0.1) is 5.92 Å². The Morgan fingerprint density at radius 1 is 1.47 bits per heavy atom. The fraction of sp³-hybridized carbons (Fsp3) is 0.571. The van der Waals surface area contributed by atoms with Crippen molar-refractivity contribution in [3.63, 3.8) is 0 Å². The van der Waals surface area contributed by atoms with Crippen molar-refractivity contribution in [2.24, 2.45) is 5.92 Å². The van der Waals surface area contributed by atoms with Crippen molar-refractivity contribution in [1.29, 1.82) is 0 Å². The fourth-order valence-electron chi connectivity index (χ4n) is 2.50. The minimum Gasteiger partial charge on any atom is -0.380 e. The van der Waals surface area contributed by atoms with Gasteiger partial charge < -0.3 is 14.8 Å². The number of ether oxygens (including phenoxy) is 2. The van der Waals surface area contributed by atoms with E-state index in [2.05, 4.69) is 29.6 Å². The molecule has 1 heterocycles.